The highest BCUT2D eigenvalue weighted by Gasteiger charge is 2.19. The van der Waals surface area contributed by atoms with Crippen LogP contribution in [0.5, 0.6) is 17.2 Å². The van der Waals surface area contributed by atoms with Crippen LogP contribution in [0.3, 0.4) is 0 Å². The molecular formula is C22H23NO7. The summed E-state index contributed by atoms with van der Waals surface area (Å²) in [5, 5.41) is 2.63. The molecular weight excluding hydrogens is 390 g/mol. The van der Waals surface area contributed by atoms with Crippen molar-refractivity contribution in [3.05, 3.63) is 47.5 Å². The molecule has 0 spiro atoms. The average molecular weight is 413 g/mol. The van der Waals surface area contributed by atoms with Crippen molar-refractivity contribution >= 4 is 23.3 Å². The molecule has 158 valence electrons. The molecule has 0 radical (unpaired) electrons. The minimum atomic E-state index is -0.652. The van der Waals surface area contributed by atoms with Crippen molar-refractivity contribution in [2.24, 2.45) is 0 Å². The second-order valence-electron chi connectivity index (χ2n) is 6.49. The highest BCUT2D eigenvalue weighted by Crippen LogP contribution is 2.30. The molecule has 0 saturated heterocycles. The van der Waals surface area contributed by atoms with Gasteiger partial charge in [0.15, 0.2) is 30.5 Å². The largest absolute Gasteiger partial charge is 0.490 e. The molecule has 0 atom stereocenters. The molecule has 1 amide bonds. The second-order valence-corrected chi connectivity index (χ2v) is 6.49. The average Bonchev–Trinajstić information content (AvgIpc) is 2.76. The summed E-state index contributed by atoms with van der Waals surface area (Å²) in [6.45, 7) is 4.27. The number of amides is 1. The lowest BCUT2D eigenvalue weighted by Gasteiger charge is -2.18. The molecule has 2 aromatic carbocycles. The summed E-state index contributed by atoms with van der Waals surface area (Å²) in [6, 6.07) is 9.38. The van der Waals surface area contributed by atoms with E-state index in [1.807, 2.05) is 13.8 Å². The Morgan fingerprint density at radius 3 is 2.60 bits per heavy atom. The third-order valence-corrected chi connectivity index (χ3v) is 4.21. The van der Waals surface area contributed by atoms with E-state index in [0.29, 0.717) is 41.7 Å². The molecule has 8 heteroatoms. The first kappa shape index (κ1) is 21.2. The van der Waals surface area contributed by atoms with Crippen LogP contribution >= 0.6 is 0 Å². The molecule has 0 unspecified atom stereocenters. The minimum Gasteiger partial charge on any atom is -0.490 e. The number of hydrogen-bond acceptors (Lipinski definition) is 7. The summed E-state index contributed by atoms with van der Waals surface area (Å²) >= 11 is 0. The molecule has 2 aromatic rings. The molecule has 0 bridgehead atoms. The van der Waals surface area contributed by atoms with Crippen LogP contribution in [0.2, 0.25) is 0 Å². The van der Waals surface area contributed by atoms with Gasteiger partial charge >= 0.3 is 5.97 Å². The van der Waals surface area contributed by atoms with Crippen molar-refractivity contribution < 1.29 is 33.3 Å². The van der Waals surface area contributed by atoms with E-state index < -0.39 is 18.4 Å². The SMILES string of the molecule is CCCOc1ccc(C(=O)OCC(=O)c2ccc3c(c2)NC(=O)CO3)cc1OCC. The van der Waals surface area contributed by atoms with E-state index in [0.717, 1.165) is 6.42 Å². The Hall–Kier alpha value is -3.55. The summed E-state index contributed by atoms with van der Waals surface area (Å²) in [7, 11) is 0. The van der Waals surface area contributed by atoms with E-state index in [-0.39, 0.29) is 18.1 Å². The Morgan fingerprint density at radius 2 is 1.83 bits per heavy atom. The van der Waals surface area contributed by atoms with Gasteiger partial charge in [-0.3, -0.25) is 9.59 Å². The summed E-state index contributed by atoms with van der Waals surface area (Å²) in [5.41, 5.74) is 0.958. The number of anilines is 1. The van der Waals surface area contributed by atoms with Crippen molar-refractivity contribution in [3.8, 4) is 17.2 Å². The van der Waals surface area contributed by atoms with E-state index in [1.165, 1.54) is 12.1 Å². The van der Waals surface area contributed by atoms with Gasteiger partial charge in [0.2, 0.25) is 0 Å². The standard InChI is InChI=1S/C22H23NO7/c1-3-9-28-19-8-6-15(11-20(19)27-4-2)22(26)30-12-17(24)14-5-7-18-16(10-14)23-21(25)13-29-18/h5-8,10-11H,3-4,9,12-13H2,1-2H3,(H,23,25). The lowest BCUT2D eigenvalue weighted by atomic mass is 10.1. The first-order valence-electron chi connectivity index (χ1n) is 9.68. The van der Waals surface area contributed by atoms with E-state index in [1.54, 1.807) is 24.3 Å². The van der Waals surface area contributed by atoms with Crippen LogP contribution < -0.4 is 19.5 Å². The smallest absolute Gasteiger partial charge is 0.338 e. The lowest BCUT2D eigenvalue weighted by Crippen LogP contribution is -2.25. The maximum atomic E-state index is 12.4. The van der Waals surface area contributed by atoms with Gasteiger partial charge < -0.3 is 24.3 Å². The van der Waals surface area contributed by atoms with Gasteiger partial charge in [-0.15, -0.1) is 0 Å². The molecule has 0 aromatic heterocycles. The summed E-state index contributed by atoms with van der Waals surface area (Å²) < 4.78 is 21.6. The molecule has 3 rings (SSSR count). The second kappa shape index (κ2) is 9.78. The van der Waals surface area contributed by atoms with Gasteiger partial charge in [-0.05, 0) is 49.7 Å². The van der Waals surface area contributed by atoms with Crippen molar-refractivity contribution in [1.29, 1.82) is 0 Å². The summed E-state index contributed by atoms with van der Waals surface area (Å²) in [4.78, 5) is 36.2. The van der Waals surface area contributed by atoms with Crippen LogP contribution in [-0.4, -0.2) is 44.1 Å². The first-order valence-corrected chi connectivity index (χ1v) is 9.68. The predicted molar refractivity (Wildman–Crippen MR) is 109 cm³/mol. The number of fused-ring (bicyclic) bond motifs is 1. The van der Waals surface area contributed by atoms with Crippen LogP contribution in [0, 0.1) is 0 Å². The van der Waals surface area contributed by atoms with Crippen molar-refractivity contribution in [1.82, 2.24) is 0 Å². The Bertz CT molecular complexity index is 954. The molecule has 0 saturated carbocycles. The highest BCUT2D eigenvalue weighted by molar-refractivity contribution is 6.02. The Balaban J connectivity index is 1.65. The molecule has 30 heavy (non-hydrogen) atoms. The predicted octanol–water partition coefficient (Wildman–Crippen LogP) is 3.24. The normalized spacial score (nSPS) is 12.3. The molecule has 0 aliphatic carbocycles. The van der Waals surface area contributed by atoms with Crippen LogP contribution in [0.15, 0.2) is 36.4 Å². The van der Waals surface area contributed by atoms with Gasteiger partial charge in [-0.25, -0.2) is 4.79 Å². The number of nitrogens with one attached hydrogen (secondary N) is 1. The fourth-order valence-corrected chi connectivity index (χ4v) is 2.79. The zero-order valence-corrected chi connectivity index (χ0v) is 16.9. The fourth-order valence-electron chi connectivity index (χ4n) is 2.79. The Kier molecular flexibility index (Phi) is 6.90. The number of ether oxygens (including phenoxy) is 4. The third kappa shape index (κ3) is 5.08. The number of rotatable bonds is 9. The topological polar surface area (TPSA) is 100 Å². The van der Waals surface area contributed by atoms with Gasteiger partial charge in [0, 0.05) is 5.56 Å². The lowest BCUT2D eigenvalue weighted by molar-refractivity contribution is -0.118. The summed E-state index contributed by atoms with van der Waals surface area (Å²) in [6.07, 6.45) is 0.843. The third-order valence-electron chi connectivity index (χ3n) is 4.21. The first-order chi connectivity index (χ1) is 14.5. The Morgan fingerprint density at radius 1 is 1.03 bits per heavy atom. The minimum absolute atomic E-state index is 0.0656. The van der Waals surface area contributed by atoms with Gasteiger partial charge in [0.25, 0.3) is 5.91 Å². The molecule has 1 aliphatic heterocycles. The number of ketones is 1. The molecule has 1 aliphatic rings. The van der Waals surface area contributed by atoms with E-state index in [2.05, 4.69) is 5.32 Å². The molecule has 8 nitrogen and oxygen atoms in total. The van der Waals surface area contributed by atoms with Crippen molar-refractivity contribution in [2.45, 2.75) is 20.3 Å². The number of carbonyl (C=O) groups excluding carboxylic acids is 3. The maximum absolute atomic E-state index is 12.4. The maximum Gasteiger partial charge on any atom is 0.338 e. The number of carbonyl (C=O) groups is 3. The van der Waals surface area contributed by atoms with Gasteiger partial charge in [-0.1, -0.05) is 6.92 Å². The molecule has 1 N–H and O–H groups in total. The number of benzene rings is 2. The number of esters is 1. The van der Waals surface area contributed by atoms with E-state index >= 15 is 0 Å². The quantitative estimate of drug-likeness (QED) is 0.497. The zero-order valence-electron chi connectivity index (χ0n) is 16.9. The van der Waals surface area contributed by atoms with Gasteiger partial charge in [0.05, 0.1) is 24.5 Å². The van der Waals surface area contributed by atoms with Crippen molar-refractivity contribution in [3.63, 3.8) is 0 Å². The Labute approximate surface area is 174 Å². The monoisotopic (exact) mass is 413 g/mol. The van der Waals surface area contributed by atoms with Crippen LogP contribution in [0.4, 0.5) is 5.69 Å². The summed E-state index contributed by atoms with van der Waals surface area (Å²) in [5.74, 6) is 0.119. The molecule has 1 heterocycles. The highest BCUT2D eigenvalue weighted by atomic mass is 16.5. The number of Topliss-reactive ketones (excluding diaryl/α,β-unsaturated/α-hetero) is 1. The van der Waals surface area contributed by atoms with Gasteiger partial charge in [-0.2, -0.15) is 0 Å². The van der Waals surface area contributed by atoms with E-state index in [4.69, 9.17) is 18.9 Å². The van der Waals surface area contributed by atoms with Crippen LogP contribution in [0.25, 0.3) is 0 Å². The van der Waals surface area contributed by atoms with Crippen LogP contribution in [0.1, 0.15) is 41.0 Å². The van der Waals surface area contributed by atoms with Gasteiger partial charge in [0.1, 0.15) is 5.75 Å². The zero-order chi connectivity index (χ0) is 21.5. The van der Waals surface area contributed by atoms with E-state index in [9.17, 15) is 14.4 Å². The molecule has 0 fully saturated rings. The fraction of sp³-hybridized carbons (Fsp3) is 0.318. The van der Waals surface area contributed by atoms with Crippen molar-refractivity contribution in [2.75, 3.05) is 31.7 Å². The van der Waals surface area contributed by atoms with Crippen LogP contribution in [-0.2, 0) is 9.53 Å². The number of hydrogen-bond donors (Lipinski definition) is 1.